The Bertz CT molecular complexity index is 963. The molecule has 0 aliphatic carbocycles. The number of halogens is 1. The summed E-state index contributed by atoms with van der Waals surface area (Å²) in [5.74, 6) is -0.611. The van der Waals surface area contributed by atoms with Crippen molar-refractivity contribution in [3.05, 3.63) is 58.4 Å². The number of pyridine rings is 1. The van der Waals surface area contributed by atoms with Gasteiger partial charge in [0.25, 0.3) is 0 Å². The van der Waals surface area contributed by atoms with E-state index in [0.717, 1.165) is 5.56 Å². The summed E-state index contributed by atoms with van der Waals surface area (Å²) in [4.78, 5) is 15.4. The van der Waals surface area contributed by atoms with E-state index in [1.807, 2.05) is 32.0 Å². The average Bonchev–Trinajstić information content (AvgIpc) is 2.84. The van der Waals surface area contributed by atoms with Crippen LogP contribution in [-0.4, -0.2) is 20.5 Å². The van der Waals surface area contributed by atoms with Crippen LogP contribution in [0.2, 0.25) is 5.02 Å². The van der Waals surface area contributed by atoms with Gasteiger partial charge in [-0.1, -0.05) is 17.7 Å². The van der Waals surface area contributed by atoms with Crippen LogP contribution in [0, 0.1) is 13.8 Å². The molecule has 0 saturated heterocycles. The van der Waals surface area contributed by atoms with Gasteiger partial charge in [0.2, 0.25) is 0 Å². The first kappa shape index (κ1) is 16.1. The monoisotopic (exact) mass is 342 g/mol. The molecule has 0 unspecified atom stereocenters. The van der Waals surface area contributed by atoms with E-state index in [-0.39, 0.29) is 6.42 Å². The van der Waals surface area contributed by atoms with E-state index in [4.69, 9.17) is 16.7 Å². The fourth-order valence-corrected chi connectivity index (χ4v) is 2.48. The van der Waals surface area contributed by atoms with Gasteiger partial charge in [-0.25, -0.2) is 4.98 Å². The topological polar surface area (TPSA) is 79.3 Å². The summed E-state index contributed by atoms with van der Waals surface area (Å²) in [6, 6.07) is 9.15. The third kappa shape index (κ3) is 3.28. The second-order valence-electron chi connectivity index (χ2n) is 5.50. The molecule has 24 heavy (non-hydrogen) atoms. The number of azo groups is 1. The Hall–Kier alpha value is -2.73. The molecule has 122 valence electrons. The lowest BCUT2D eigenvalue weighted by Gasteiger charge is -2.01. The van der Waals surface area contributed by atoms with Gasteiger partial charge in [0, 0.05) is 6.20 Å². The minimum absolute atomic E-state index is 0.236. The Labute approximate surface area is 143 Å². The molecule has 0 saturated carbocycles. The van der Waals surface area contributed by atoms with E-state index in [1.165, 1.54) is 5.56 Å². The molecule has 0 aliphatic rings. The van der Waals surface area contributed by atoms with Crippen LogP contribution in [0.15, 0.2) is 46.8 Å². The standard InChI is InChI=1S/C17H15ClN4O2/c1-10-3-5-13(7-11(10)2)20-21-17-14(8-16(23)24)19-15-6-4-12(18)9-22(15)17/h3-7,9H,8H2,1-2H3,(H,23,24). The molecule has 0 fully saturated rings. The molecule has 6 nitrogen and oxygen atoms in total. The first-order chi connectivity index (χ1) is 11.4. The highest BCUT2D eigenvalue weighted by Crippen LogP contribution is 2.27. The Morgan fingerprint density at radius 1 is 1.21 bits per heavy atom. The Kier molecular flexibility index (Phi) is 4.31. The molecule has 7 heteroatoms. The van der Waals surface area contributed by atoms with Crippen molar-refractivity contribution >= 4 is 34.7 Å². The number of aryl methyl sites for hydroxylation is 2. The van der Waals surface area contributed by atoms with Crippen molar-refractivity contribution in [2.45, 2.75) is 20.3 Å². The van der Waals surface area contributed by atoms with Gasteiger partial charge in [-0.05, 0) is 49.2 Å². The van der Waals surface area contributed by atoms with Crippen LogP contribution in [0.4, 0.5) is 11.5 Å². The average molecular weight is 343 g/mol. The fourth-order valence-electron chi connectivity index (χ4n) is 2.32. The first-order valence-corrected chi connectivity index (χ1v) is 7.69. The maximum atomic E-state index is 11.1. The maximum absolute atomic E-state index is 11.1. The molecule has 2 aromatic heterocycles. The van der Waals surface area contributed by atoms with Crippen molar-refractivity contribution in [3.8, 4) is 0 Å². The van der Waals surface area contributed by atoms with Gasteiger partial charge in [0.15, 0.2) is 5.82 Å². The molecule has 3 rings (SSSR count). The number of imidazole rings is 1. The molecule has 2 heterocycles. The number of rotatable bonds is 4. The molecule has 0 spiro atoms. The Balaban J connectivity index is 2.08. The second kappa shape index (κ2) is 6.41. The Morgan fingerprint density at radius 3 is 2.71 bits per heavy atom. The number of carboxylic acids is 1. The molecule has 0 amide bonds. The van der Waals surface area contributed by atoms with E-state index in [0.29, 0.717) is 27.9 Å². The van der Waals surface area contributed by atoms with Gasteiger partial charge in [0.05, 0.1) is 22.8 Å². The number of carboxylic acid groups (broad SMARTS) is 1. The van der Waals surface area contributed by atoms with E-state index in [9.17, 15) is 4.79 Å². The molecule has 1 N–H and O–H groups in total. The van der Waals surface area contributed by atoms with Crippen molar-refractivity contribution in [3.63, 3.8) is 0 Å². The SMILES string of the molecule is Cc1ccc(N=Nc2c(CC(=O)O)nc3ccc(Cl)cn23)cc1C. The van der Waals surface area contributed by atoms with Crippen LogP contribution >= 0.6 is 11.6 Å². The van der Waals surface area contributed by atoms with Gasteiger partial charge >= 0.3 is 5.97 Å². The van der Waals surface area contributed by atoms with Crippen molar-refractivity contribution in [2.24, 2.45) is 10.2 Å². The van der Waals surface area contributed by atoms with E-state index in [1.54, 1.807) is 22.7 Å². The van der Waals surface area contributed by atoms with Gasteiger partial charge in [-0.2, -0.15) is 0 Å². The number of hydrogen-bond acceptors (Lipinski definition) is 4. The van der Waals surface area contributed by atoms with Gasteiger partial charge in [-0.15, -0.1) is 10.2 Å². The fraction of sp³-hybridized carbons (Fsp3) is 0.176. The lowest BCUT2D eigenvalue weighted by atomic mass is 10.1. The number of fused-ring (bicyclic) bond motifs is 1. The third-order valence-corrected chi connectivity index (χ3v) is 3.92. The highest BCUT2D eigenvalue weighted by Gasteiger charge is 2.15. The van der Waals surface area contributed by atoms with Gasteiger partial charge in [-0.3, -0.25) is 9.20 Å². The lowest BCUT2D eigenvalue weighted by molar-refractivity contribution is -0.136. The minimum atomic E-state index is -0.980. The highest BCUT2D eigenvalue weighted by molar-refractivity contribution is 6.30. The molecule has 0 bridgehead atoms. The quantitative estimate of drug-likeness (QED) is 0.701. The molecular formula is C17H15ClN4O2. The molecule has 0 atom stereocenters. The molecule has 1 aromatic carbocycles. The van der Waals surface area contributed by atoms with Crippen LogP contribution in [0.3, 0.4) is 0 Å². The predicted molar refractivity (Wildman–Crippen MR) is 91.6 cm³/mol. The number of aromatic nitrogens is 2. The number of carbonyl (C=O) groups is 1. The predicted octanol–water partition coefficient (Wildman–Crippen LogP) is 4.65. The van der Waals surface area contributed by atoms with Crippen molar-refractivity contribution in [1.29, 1.82) is 0 Å². The molecule has 3 aromatic rings. The van der Waals surface area contributed by atoms with Crippen LogP contribution in [-0.2, 0) is 11.2 Å². The summed E-state index contributed by atoms with van der Waals surface area (Å²) in [5.41, 5.74) is 3.89. The highest BCUT2D eigenvalue weighted by atomic mass is 35.5. The molecular weight excluding hydrogens is 328 g/mol. The Morgan fingerprint density at radius 2 is 2.00 bits per heavy atom. The normalized spacial score (nSPS) is 11.5. The third-order valence-electron chi connectivity index (χ3n) is 3.70. The smallest absolute Gasteiger partial charge is 0.309 e. The van der Waals surface area contributed by atoms with Crippen molar-refractivity contribution in [2.75, 3.05) is 0 Å². The summed E-state index contributed by atoms with van der Waals surface area (Å²) in [7, 11) is 0. The number of nitrogens with zero attached hydrogens (tertiary/aromatic N) is 4. The zero-order chi connectivity index (χ0) is 17.3. The lowest BCUT2D eigenvalue weighted by Crippen LogP contribution is -2.00. The number of benzene rings is 1. The van der Waals surface area contributed by atoms with Crippen LogP contribution in [0.25, 0.3) is 5.65 Å². The van der Waals surface area contributed by atoms with Gasteiger partial charge in [0.1, 0.15) is 5.65 Å². The zero-order valence-corrected chi connectivity index (χ0v) is 13.9. The maximum Gasteiger partial charge on any atom is 0.309 e. The summed E-state index contributed by atoms with van der Waals surface area (Å²) in [6.45, 7) is 4.02. The molecule has 0 radical (unpaired) electrons. The largest absolute Gasteiger partial charge is 0.481 e. The van der Waals surface area contributed by atoms with Crippen molar-refractivity contribution in [1.82, 2.24) is 9.38 Å². The second-order valence-corrected chi connectivity index (χ2v) is 5.93. The minimum Gasteiger partial charge on any atom is -0.481 e. The van der Waals surface area contributed by atoms with E-state index < -0.39 is 5.97 Å². The van der Waals surface area contributed by atoms with Gasteiger partial charge < -0.3 is 5.11 Å². The number of aliphatic carboxylic acids is 1. The summed E-state index contributed by atoms with van der Waals surface area (Å²) < 4.78 is 1.64. The summed E-state index contributed by atoms with van der Waals surface area (Å²) >= 11 is 6.02. The van der Waals surface area contributed by atoms with Crippen LogP contribution in [0.1, 0.15) is 16.8 Å². The summed E-state index contributed by atoms with van der Waals surface area (Å²) in [6.07, 6.45) is 1.41. The summed E-state index contributed by atoms with van der Waals surface area (Å²) in [5, 5.41) is 18.0. The van der Waals surface area contributed by atoms with E-state index >= 15 is 0 Å². The van der Waals surface area contributed by atoms with Crippen LogP contribution < -0.4 is 0 Å². The van der Waals surface area contributed by atoms with Crippen molar-refractivity contribution < 1.29 is 9.90 Å². The zero-order valence-electron chi connectivity index (χ0n) is 13.2. The van der Waals surface area contributed by atoms with E-state index in [2.05, 4.69) is 15.2 Å². The first-order valence-electron chi connectivity index (χ1n) is 7.31. The van der Waals surface area contributed by atoms with Crippen LogP contribution in [0.5, 0.6) is 0 Å². The molecule has 0 aliphatic heterocycles. The number of hydrogen-bond donors (Lipinski definition) is 1.